The third-order valence-corrected chi connectivity index (χ3v) is 3.74. The maximum absolute atomic E-state index is 12.2. The number of urea groups is 1. The second-order valence-corrected chi connectivity index (χ2v) is 5.92. The lowest BCUT2D eigenvalue weighted by Gasteiger charge is -2.10. The molecule has 27 heavy (non-hydrogen) atoms. The molecule has 0 unspecified atom stereocenters. The highest BCUT2D eigenvalue weighted by Gasteiger charge is 2.07. The smallest absolute Gasteiger partial charge is 0.323 e. The van der Waals surface area contributed by atoms with E-state index in [1.165, 1.54) is 0 Å². The van der Waals surface area contributed by atoms with Crippen molar-refractivity contribution in [3.63, 3.8) is 0 Å². The third kappa shape index (κ3) is 5.61. The zero-order valence-corrected chi connectivity index (χ0v) is 14.5. The monoisotopic (exact) mass is 361 g/mol. The summed E-state index contributed by atoms with van der Waals surface area (Å²) in [6, 6.07) is 22.1. The topological polar surface area (TPSA) is 90.5 Å². The average molecular weight is 361 g/mol. The number of amides is 3. The molecule has 0 aromatic heterocycles. The molecule has 0 saturated heterocycles. The van der Waals surface area contributed by atoms with Gasteiger partial charge in [-0.2, -0.15) is 0 Å². The first kappa shape index (κ1) is 18.0. The molecule has 3 amide bonds. The summed E-state index contributed by atoms with van der Waals surface area (Å²) in [6.07, 6.45) is 0.187. The van der Waals surface area contributed by atoms with Gasteiger partial charge in [0.2, 0.25) is 5.91 Å². The Morgan fingerprint density at radius 1 is 0.704 bits per heavy atom. The number of phenols is 1. The first-order valence-electron chi connectivity index (χ1n) is 8.39. The predicted molar refractivity (Wildman–Crippen MR) is 106 cm³/mol. The lowest BCUT2D eigenvalue weighted by atomic mass is 10.1. The molecule has 6 nitrogen and oxygen atoms in total. The molecule has 0 aliphatic heterocycles. The summed E-state index contributed by atoms with van der Waals surface area (Å²) in [4.78, 5) is 24.2. The molecule has 0 radical (unpaired) electrons. The Balaban J connectivity index is 1.57. The molecule has 0 saturated carbocycles. The molecular formula is C21H19N3O3. The van der Waals surface area contributed by atoms with Gasteiger partial charge in [0.25, 0.3) is 0 Å². The minimum absolute atomic E-state index is 0.159. The Morgan fingerprint density at radius 2 is 1.30 bits per heavy atom. The molecule has 0 aliphatic rings. The molecular weight excluding hydrogens is 342 g/mol. The number of hydrogen-bond donors (Lipinski definition) is 4. The summed E-state index contributed by atoms with van der Waals surface area (Å²) in [6.45, 7) is 0. The number of benzene rings is 3. The zero-order chi connectivity index (χ0) is 19.1. The number of carbonyl (C=O) groups excluding carboxylic acids is 2. The maximum Gasteiger partial charge on any atom is 0.323 e. The Labute approximate surface area is 156 Å². The number of nitrogens with one attached hydrogen (secondary N) is 3. The van der Waals surface area contributed by atoms with Crippen molar-refractivity contribution in [2.75, 3.05) is 16.0 Å². The Bertz CT molecular complexity index is 925. The standard InChI is InChI=1S/C21H19N3O3/c25-19-11-9-15(10-12-19)13-20(26)22-17-7-4-8-18(14-17)24-21(27)23-16-5-2-1-3-6-16/h1-12,14,25H,13H2,(H,22,26)(H2,23,24,27). The van der Waals surface area contributed by atoms with Crippen molar-refractivity contribution in [2.45, 2.75) is 6.42 Å². The normalized spacial score (nSPS) is 10.1. The van der Waals surface area contributed by atoms with Crippen molar-refractivity contribution in [3.05, 3.63) is 84.4 Å². The molecule has 136 valence electrons. The van der Waals surface area contributed by atoms with Crippen LogP contribution in [-0.2, 0) is 11.2 Å². The lowest BCUT2D eigenvalue weighted by Crippen LogP contribution is -2.19. The lowest BCUT2D eigenvalue weighted by molar-refractivity contribution is -0.115. The average Bonchev–Trinajstić information content (AvgIpc) is 2.64. The number of phenolic OH excluding ortho intramolecular Hbond substituents is 1. The Kier molecular flexibility index (Phi) is 5.69. The third-order valence-electron chi connectivity index (χ3n) is 3.74. The van der Waals surface area contributed by atoms with Gasteiger partial charge in [0.15, 0.2) is 0 Å². The highest BCUT2D eigenvalue weighted by atomic mass is 16.3. The maximum atomic E-state index is 12.2. The molecule has 3 rings (SSSR count). The number of carbonyl (C=O) groups is 2. The van der Waals surface area contributed by atoms with E-state index in [-0.39, 0.29) is 24.1 Å². The van der Waals surface area contributed by atoms with Gasteiger partial charge in [-0.25, -0.2) is 4.79 Å². The minimum Gasteiger partial charge on any atom is -0.508 e. The minimum atomic E-state index is -0.367. The summed E-state index contributed by atoms with van der Waals surface area (Å²) < 4.78 is 0. The Morgan fingerprint density at radius 3 is 2.00 bits per heavy atom. The van der Waals surface area contributed by atoms with Crippen LogP contribution in [0.4, 0.5) is 21.9 Å². The van der Waals surface area contributed by atoms with Crippen LogP contribution in [0.2, 0.25) is 0 Å². The largest absolute Gasteiger partial charge is 0.508 e. The van der Waals surface area contributed by atoms with E-state index in [0.717, 1.165) is 5.56 Å². The summed E-state index contributed by atoms with van der Waals surface area (Å²) in [5.74, 6) is -0.0294. The van der Waals surface area contributed by atoms with Gasteiger partial charge in [0, 0.05) is 17.1 Å². The van der Waals surface area contributed by atoms with Crippen LogP contribution in [0.5, 0.6) is 5.75 Å². The molecule has 0 atom stereocenters. The fraction of sp³-hybridized carbons (Fsp3) is 0.0476. The number of anilines is 3. The van der Waals surface area contributed by atoms with Crippen LogP contribution in [0.15, 0.2) is 78.9 Å². The number of hydrogen-bond acceptors (Lipinski definition) is 3. The molecule has 0 heterocycles. The summed E-state index contributed by atoms with van der Waals surface area (Å²) >= 11 is 0. The number of para-hydroxylation sites is 1. The van der Waals surface area contributed by atoms with E-state index in [2.05, 4.69) is 16.0 Å². The van der Waals surface area contributed by atoms with E-state index in [0.29, 0.717) is 17.1 Å². The zero-order valence-electron chi connectivity index (χ0n) is 14.5. The second kappa shape index (κ2) is 8.53. The van der Waals surface area contributed by atoms with Gasteiger partial charge in [-0.3, -0.25) is 4.79 Å². The van der Waals surface area contributed by atoms with Crippen molar-refractivity contribution >= 4 is 29.0 Å². The van der Waals surface area contributed by atoms with E-state index >= 15 is 0 Å². The van der Waals surface area contributed by atoms with Gasteiger partial charge < -0.3 is 21.1 Å². The van der Waals surface area contributed by atoms with Crippen LogP contribution in [0.25, 0.3) is 0 Å². The van der Waals surface area contributed by atoms with Gasteiger partial charge >= 0.3 is 6.03 Å². The van der Waals surface area contributed by atoms with Crippen LogP contribution >= 0.6 is 0 Å². The second-order valence-electron chi connectivity index (χ2n) is 5.92. The first-order chi connectivity index (χ1) is 13.1. The quantitative estimate of drug-likeness (QED) is 0.548. The van der Waals surface area contributed by atoms with Crippen LogP contribution in [0.3, 0.4) is 0 Å². The van der Waals surface area contributed by atoms with Crippen molar-refractivity contribution in [3.8, 4) is 5.75 Å². The summed E-state index contributed by atoms with van der Waals surface area (Å²) in [7, 11) is 0. The highest BCUT2D eigenvalue weighted by Crippen LogP contribution is 2.17. The number of aromatic hydroxyl groups is 1. The molecule has 0 fully saturated rings. The molecule has 3 aromatic rings. The van der Waals surface area contributed by atoms with Gasteiger partial charge in [-0.15, -0.1) is 0 Å². The molecule has 0 bridgehead atoms. The van der Waals surface area contributed by atoms with Crippen LogP contribution in [-0.4, -0.2) is 17.0 Å². The van der Waals surface area contributed by atoms with Gasteiger partial charge in [-0.1, -0.05) is 36.4 Å². The van der Waals surface area contributed by atoms with Gasteiger partial charge in [-0.05, 0) is 48.0 Å². The fourth-order valence-electron chi connectivity index (χ4n) is 2.49. The van der Waals surface area contributed by atoms with E-state index in [1.54, 1.807) is 60.7 Å². The van der Waals surface area contributed by atoms with Crippen molar-refractivity contribution in [1.82, 2.24) is 0 Å². The molecule has 0 aliphatic carbocycles. The molecule has 6 heteroatoms. The fourth-order valence-corrected chi connectivity index (χ4v) is 2.49. The number of rotatable bonds is 5. The van der Waals surface area contributed by atoms with Crippen molar-refractivity contribution in [2.24, 2.45) is 0 Å². The first-order valence-corrected chi connectivity index (χ1v) is 8.39. The predicted octanol–water partition coefficient (Wildman–Crippen LogP) is 4.22. The van der Waals surface area contributed by atoms with Crippen molar-refractivity contribution < 1.29 is 14.7 Å². The molecule has 3 aromatic carbocycles. The van der Waals surface area contributed by atoms with Crippen LogP contribution in [0, 0.1) is 0 Å². The van der Waals surface area contributed by atoms with Gasteiger partial charge in [0.05, 0.1) is 6.42 Å². The highest BCUT2D eigenvalue weighted by molar-refractivity contribution is 6.00. The van der Waals surface area contributed by atoms with Crippen molar-refractivity contribution in [1.29, 1.82) is 0 Å². The summed E-state index contributed by atoms with van der Waals surface area (Å²) in [5, 5.41) is 17.5. The summed E-state index contributed by atoms with van der Waals surface area (Å²) in [5.41, 5.74) is 2.62. The van der Waals surface area contributed by atoms with Crippen LogP contribution in [0.1, 0.15) is 5.56 Å². The van der Waals surface area contributed by atoms with E-state index in [1.807, 2.05) is 18.2 Å². The molecule has 4 N–H and O–H groups in total. The van der Waals surface area contributed by atoms with E-state index in [9.17, 15) is 14.7 Å². The Hall–Kier alpha value is -3.80. The van der Waals surface area contributed by atoms with Gasteiger partial charge in [0.1, 0.15) is 5.75 Å². The van der Waals surface area contributed by atoms with E-state index in [4.69, 9.17) is 0 Å². The van der Waals surface area contributed by atoms with Crippen LogP contribution < -0.4 is 16.0 Å². The SMILES string of the molecule is O=C(Cc1ccc(O)cc1)Nc1cccc(NC(=O)Nc2ccccc2)c1. The molecule has 0 spiro atoms. The van der Waals surface area contributed by atoms with E-state index < -0.39 is 0 Å².